The van der Waals surface area contributed by atoms with Gasteiger partial charge in [0.25, 0.3) is 0 Å². The summed E-state index contributed by atoms with van der Waals surface area (Å²) in [7, 11) is 1.46. The summed E-state index contributed by atoms with van der Waals surface area (Å²) in [5.74, 6) is -0.662. The average molecular weight is 375 g/mol. The minimum absolute atomic E-state index is 0.116. The largest absolute Gasteiger partial charge is 0.497 e. The molecule has 2 aromatic carbocycles. The highest BCUT2D eigenvalue weighted by Crippen LogP contribution is 2.29. The normalized spacial score (nSPS) is 10.6. The average Bonchev–Trinajstić information content (AvgIpc) is 3.07. The summed E-state index contributed by atoms with van der Waals surface area (Å²) >= 11 is 6.07. The Bertz CT molecular complexity index is 956. The number of rotatable bonds is 5. The number of carbonyl (C=O) groups is 1. The molecule has 0 N–H and O–H groups in total. The van der Waals surface area contributed by atoms with Gasteiger partial charge in [-0.15, -0.1) is 0 Å². The summed E-state index contributed by atoms with van der Waals surface area (Å²) in [6.07, 6.45) is 0. The number of nitrogens with zero attached hydrogens (tertiary/aromatic N) is 2. The van der Waals surface area contributed by atoms with Crippen LogP contribution < -0.4 is 4.74 Å². The Hall–Kier alpha value is -2.86. The topological polar surface area (TPSA) is 53.4 Å². The first-order chi connectivity index (χ1) is 12.5. The molecule has 3 aromatic rings. The smallest absolute Gasteiger partial charge is 0.358 e. The summed E-state index contributed by atoms with van der Waals surface area (Å²) in [5, 5.41) is 4.83. The van der Waals surface area contributed by atoms with Gasteiger partial charge in [-0.3, -0.25) is 0 Å². The maximum atomic E-state index is 14.0. The molecule has 1 aromatic heterocycles. The van der Waals surface area contributed by atoms with Gasteiger partial charge in [-0.05, 0) is 43.3 Å². The fourth-order valence-corrected chi connectivity index (χ4v) is 2.71. The number of hydrogen-bond acceptors (Lipinski definition) is 4. The van der Waals surface area contributed by atoms with Crippen LogP contribution >= 0.6 is 11.6 Å². The van der Waals surface area contributed by atoms with Gasteiger partial charge < -0.3 is 9.47 Å². The highest BCUT2D eigenvalue weighted by Gasteiger charge is 2.19. The van der Waals surface area contributed by atoms with Crippen molar-refractivity contribution in [2.75, 3.05) is 13.7 Å². The lowest BCUT2D eigenvalue weighted by Gasteiger charge is -2.09. The minimum atomic E-state index is -0.558. The Balaban J connectivity index is 2.19. The third-order valence-corrected chi connectivity index (χ3v) is 3.88. The van der Waals surface area contributed by atoms with Gasteiger partial charge in [0.05, 0.1) is 25.1 Å². The second-order valence-electron chi connectivity index (χ2n) is 5.41. The molecular weight excluding hydrogens is 359 g/mol. The predicted molar refractivity (Wildman–Crippen MR) is 96.5 cm³/mol. The molecule has 0 saturated carbocycles. The van der Waals surface area contributed by atoms with E-state index in [2.05, 4.69) is 5.10 Å². The third-order valence-electron chi connectivity index (χ3n) is 3.65. The highest BCUT2D eigenvalue weighted by molar-refractivity contribution is 6.30. The van der Waals surface area contributed by atoms with Gasteiger partial charge in [0.15, 0.2) is 5.69 Å². The maximum Gasteiger partial charge on any atom is 0.358 e. The van der Waals surface area contributed by atoms with Gasteiger partial charge in [-0.25, -0.2) is 13.9 Å². The molecule has 3 rings (SSSR count). The van der Waals surface area contributed by atoms with E-state index in [4.69, 9.17) is 21.1 Å². The summed E-state index contributed by atoms with van der Waals surface area (Å²) in [6, 6.07) is 12.8. The Labute approximate surface area is 154 Å². The standard InChI is InChI=1S/C19H16ClFN2O3/c1-3-26-19(24)17-11-18(12-7-14(21)10-16(8-12)25-2)23(22-17)15-6-4-5-13(20)9-15/h4-11H,3H2,1-2H3. The second kappa shape index (κ2) is 7.58. The molecule has 1 heterocycles. The number of benzene rings is 2. The molecule has 0 aliphatic rings. The van der Waals surface area contributed by atoms with Gasteiger partial charge in [0.1, 0.15) is 11.6 Å². The van der Waals surface area contributed by atoms with E-state index in [-0.39, 0.29) is 12.3 Å². The SMILES string of the molecule is CCOC(=O)c1cc(-c2cc(F)cc(OC)c2)n(-c2cccc(Cl)c2)n1. The number of ether oxygens (including phenoxy) is 2. The number of aromatic nitrogens is 2. The first-order valence-corrected chi connectivity index (χ1v) is 8.27. The fraction of sp³-hybridized carbons (Fsp3) is 0.158. The fourth-order valence-electron chi connectivity index (χ4n) is 2.52. The van der Waals surface area contributed by atoms with Crippen molar-refractivity contribution >= 4 is 17.6 Å². The van der Waals surface area contributed by atoms with Crippen LogP contribution in [0.5, 0.6) is 5.75 Å². The quantitative estimate of drug-likeness (QED) is 0.616. The molecule has 5 nitrogen and oxygen atoms in total. The van der Waals surface area contributed by atoms with E-state index in [1.165, 1.54) is 23.9 Å². The minimum Gasteiger partial charge on any atom is -0.497 e. The summed E-state index contributed by atoms with van der Waals surface area (Å²) in [5.41, 5.74) is 1.76. The van der Waals surface area contributed by atoms with E-state index in [0.717, 1.165) is 0 Å². The molecule has 0 aliphatic heterocycles. The molecule has 0 spiro atoms. The van der Waals surface area contributed by atoms with Crippen molar-refractivity contribution in [2.24, 2.45) is 0 Å². The number of hydrogen-bond donors (Lipinski definition) is 0. The van der Waals surface area contributed by atoms with E-state index >= 15 is 0 Å². The van der Waals surface area contributed by atoms with E-state index in [1.807, 2.05) is 0 Å². The van der Waals surface area contributed by atoms with Crippen LogP contribution in [0.4, 0.5) is 4.39 Å². The zero-order valence-corrected chi connectivity index (χ0v) is 15.0. The Morgan fingerprint density at radius 1 is 1.23 bits per heavy atom. The molecule has 26 heavy (non-hydrogen) atoms. The van der Waals surface area contributed by atoms with Crippen LogP contribution in [0.1, 0.15) is 17.4 Å². The van der Waals surface area contributed by atoms with Gasteiger partial charge in [-0.2, -0.15) is 5.10 Å². The summed E-state index contributed by atoms with van der Waals surface area (Å²) in [6.45, 7) is 1.94. The molecule has 0 amide bonds. The maximum absolute atomic E-state index is 14.0. The lowest BCUT2D eigenvalue weighted by atomic mass is 10.1. The van der Waals surface area contributed by atoms with Crippen LogP contribution in [0.25, 0.3) is 16.9 Å². The van der Waals surface area contributed by atoms with Crippen molar-refractivity contribution in [3.05, 3.63) is 65.1 Å². The van der Waals surface area contributed by atoms with Crippen LogP contribution in [0.2, 0.25) is 5.02 Å². The number of methoxy groups -OCH3 is 1. The summed E-state index contributed by atoms with van der Waals surface area (Å²) < 4.78 is 25.6. The molecule has 0 radical (unpaired) electrons. The van der Waals surface area contributed by atoms with Gasteiger partial charge in [-0.1, -0.05) is 17.7 Å². The lowest BCUT2D eigenvalue weighted by Crippen LogP contribution is -2.06. The molecular formula is C19H16ClFN2O3. The predicted octanol–water partition coefficient (Wildman–Crippen LogP) is 4.52. The summed E-state index contributed by atoms with van der Waals surface area (Å²) in [4.78, 5) is 12.1. The van der Waals surface area contributed by atoms with Crippen LogP contribution in [0, 0.1) is 5.82 Å². The highest BCUT2D eigenvalue weighted by atomic mass is 35.5. The zero-order valence-electron chi connectivity index (χ0n) is 14.2. The van der Waals surface area contributed by atoms with Gasteiger partial charge in [0, 0.05) is 16.7 Å². The molecule has 0 fully saturated rings. The lowest BCUT2D eigenvalue weighted by molar-refractivity contribution is 0.0519. The molecule has 7 heteroatoms. The second-order valence-corrected chi connectivity index (χ2v) is 5.84. The molecule has 0 bridgehead atoms. The molecule has 0 unspecified atom stereocenters. The van der Waals surface area contributed by atoms with Crippen molar-refractivity contribution in [1.82, 2.24) is 9.78 Å². The zero-order chi connectivity index (χ0) is 18.7. The van der Waals surface area contributed by atoms with Gasteiger partial charge >= 0.3 is 5.97 Å². The van der Waals surface area contributed by atoms with Crippen molar-refractivity contribution < 1.29 is 18.7 Å². The molecule has 0 saturated heterocycles. The number of esters is 1. The number of carbonyl (C=O) groups excluding carboxylic acids is 1. The first kappa shape index (κ1) is 17.9. The number of halogens is 2. The van der Waals surface area contributed by atoms with Crippen LogP contribution in [0.3, 0.4) is 0 Å². The molecule has 134 valence electrons. The van der Waals surface area contributed by atoms with Gasteiger partial charge in [0.2, 0.25) is 0 Å². The van der Waals surface area contributed by atoms with Crippen LogP contribution in [0.15, 0.2) is 48.5 Å². The van der Waals surface area contributed by atoms with Crippen LogP contribution in [-0.2, 0) is 4.74 Å². The van der Waals surface area contributed by atoms with E-state index < -0.39 is 11.8 Å². The molecule has 0 atom stereocenters. The van der Waals surface area contributed by atoms with Crippen molar-refractivity contribution in [3.63, 3.8) is 0 Å². The molecule has 0 aliphatic carbocycles. The van der Waals surface area contributed by atoms with Crippen molar-refractivity contribution in [1.29, 1.82) is 0 Å². The first-order valence-electron chi connectivity index (χ1n) is 7.90. The Morgan fingerprint density at radius 2 is 2.04 bits per heavy atom. The van der Waals surface area contributed by atoms with E-state index in [1.54, 1.807) is 43.3 Å². The third kappa shape index (κ3) is 3.70. The monoisotopic (exact) mass is 374 g/mol. The Morgan fingerprint density at radius 3 is 2.73 bits per heavy atom. The van der Waals surface area contributed by atoms with E-state index in [0.29, 0.717) is 27.7 Å². The Kier molecular flexibility index (Phi) is 5.23. The van der Waals surface area contributed by atoms with Crippen LogP contribution in [-0.4, -0.2) is 29.5 Å². The van der Waals surface area contributed by atoms with E-state index in [9.17, 15) is 9.18 Å². The van der Waals surface area contributed by atoms with Crippen molar-refractivity contribution in [2.45, 2.75) is 6.92 Å². The van der Waals surface area contributed by atoms with Crippen molar-refractivity contribution in [3.8, 4) is 22.7 Å².